The highest BCUT2D eigenvalue weighted by atomic mass is 16.2. The molecule has 2 amide bonds. The molecule has 4 heteroatoms. The predicted molar refractivity (Wildman–Crippen MR) is 67.8 cm³/mol. The summed E-state index contributed by atoms with van der Waals surface area (Å²) >= 11 is 0. The number of amides is 2. The van der Waals surface area contributed by atoms with Crippen LogP contribution in [0.1, 0.15) is 20.3 Å². The van der Waals surface area contributed by atoms with Crippen molar-refractivity contribution in [2.24, 2.45) is 0 Å². The molecule has 0 aliphatic heterocycles. The Balaban J connectivity index is 2.62. The molecule has 0 saturated carbocycles. The molecular weight excluding hydrogens is 216 g/mol. The number of nitrogens with one attached hydrogen (secondary N) is 1. The highest BCUT2D eigenvalue weighted by molar-refractivity contribution is 5.96. The Bertz CT molecular complexity index is 376. The molecule has 1 aromatic carbocycles. The molecule has 92 valence electrons. The summed E-state index contributed by atoms with van der Waals surface area (Å²) in [6.45, 7) is 4.31. The van der Waals surface area contributed by atoms with E-state index in [4.69, 9.17) is 0 Å². The summed E-state index contributed by atoms with van der Waals surface area (Å²) in [4.78, 5) is 24.6. The van der Waals surface area contributed by atoms with Gasteiger partial charge in [-0.2, -0.15) is 0 Å². The lowest BCUT2D eigenvalue weighted by Gasteiger charge is -2.21. The lowest BCUT2D eigenvalue weighted by Crippen LogP contribution is -2.40. The third-order valence-electron chi connectivity index (χ3n) is 2.44. The average molecular weight is 234 g/mol. The molecule has 1 aromatic rings. The van der Waals surface area contributed by atoms with E-state index in [1.807, 2.05) is 37.3 Å². The summed E-state index contributed by atoms with van der Waals surface area (Å²) in [5, 5.41) is 2.59. The van der Waals surface area contributed by atoms with Crippen molar-refractivity contribution in [3.8, 4) is 0 Å². The van der Waals surface area contributed by atoms with Crippen LogP contribution in [0, 0.1) is 0 Å². The number of hydrogen-bond donors (Lipinski definition) is 1. The van der Waals surface area contributed by atoms with Crippen LogP contribution < -0.4 is 10.2 Å². The van der Waals surface area contributed by atoms with Gasteiger partial charge in [-0.05, 0) is 19.1 Å². The number of likely N-dealkylation sites (N-methyl/N-ethyl adjacent to an activating group) is 1. The first-order valence-electron chi connectivity index (χ1n) is 5.81. The van der Waals surface area contributed by atoms with Crippen LogP contribution in [0.5, 0.6) is 0 Å². The van der Waals surface area contributed by atoms with Crippen molar-refractivity contribution in [2.75, 3.05) is 18.0 Å². The van der Waals surface area contributed by atoms with Gasteiger partial charge in [0, 0.05) is 18.7 Å². The molecule has 1 N–H and O–H groups in total. The Kier molecular flexibility index (Phi) is 5.20. The lowest BCUT2D eigenvalue weighted by atomic mass is 10.3. The standard InChI is InChI=1S/C13H18N2O2/c1-3-12(16)14-10-13(17)15(4-2)11-8-6-5-7-9-11/h5-9H,3-4,10H2,1-2H3,(H,14,16). The van der Waals surface area contributed by atoms with Gasteiger partial charge in [-0.3, -0.25) is 9.59 Å². The summed E-state index contributed by atoms with van der Waals surface area (Å²) < 4.78 is 0. The second-order valence-electron chi connectivity index (χ2n) is 3.60. The van der Waals surface area contributed by atoms with Crippen molar-refractivity contribution in [1.82, 2.24) is 5.32 Å². The SMILES string of the molecule is CCC(=O)NCC(=O)N(CC)c1ccccc1. The van der Waals surface area contributed by atoms with Gasteiger partial charge in [0.2, 0.25) is 11.8 Å². The maximum Gasteiger partial charge on any atom is 0.246 e. The van der Waals surface area contributed by atoms with E-state index < -0.39 is 0 Å². The molecule has 0 heterocycles. The molecule has 0 radical (unpaired) electrons. The van der Waals surface area contributed by atoms with E-state index in [2.05, 4.69) is 5.32 Å². The average Bonchev–Trinajstić information content (AvgIpc) is 2.38. The quantitative estimate of drug-likeness (QED) is 0.840. The van der Waals surface area contributed by atoms with Gasteiger partial charge >= 0.3 is 0 Å². The molecule has 4 nitrogen and oxygen atoms in total. The van der Waals surface area contributed by atoms with Crippen LogP contribution in [-0.4, -0.2) is 24.9 Å². The minimum atomic E-state index is -0.109. The molecule has 0 saturated heterocycles. The van der Waals surface area contributed by atoms with Crippen LogP contribution in [0.2, 0.25) is 0 Å². The molecule has 0 spiro atoms. The zero-order valence-electron chi connectivity index (χ0n) is 10.3. The summed E-state index contributed by atoms with van der Waals surface area (Å²) in [5.74, 6) is -0.206. The fourth-order valence-corrected chi connectivity index (χ4v) is 1.51. The Morgan fingerprint density at radius 2 is 1.82 bits per heavy atom. The van der Waals surface area contributed by atoms with Gasteiger partial charge in [0.1, 0.15) is 0 Å². The van der Waals surface area contributed by atoms with Gasteiger partial charge in [0.25, 0.3) is 0 Å². The van der Waals surface area contributed by atoms with Crippen LogP contribution in [0.25, 0.3) is 0 Å². The summed E-state index contributed by atoms with van der Waals surface area (Å²) in [6, 6.07) is 9.43. The largest absolute Gasteiger partial charge is 0.347 e. The maximum atomic E-state index is 11.9. The van der Waals surface area contributed by atoms with Gasteiger partial charge in [-0.15, -0.1) is 0 Å². The zero-order chi connectivity index (χ0) is 12.7. The van der Waals surface area contributed by atoms with Crippen molar-refractivity contribution in [2.45, 2.75) is 20.3 Å². The molecule has 0 fully saturated rings. The van der Waals surface area contributed by atoms with Gasteiger partial charge in [0.05, 0.1) is 6.54 Å². The van der Waals surface area contributed by atoms with Crippen molar-refractivity contribution in [3.05, 3.63) is 30.3 Å². The van der Waals surface area contributed by atoms with Gasteiger partial charge in [-0.25, -0.2) is 0 Å². The molecular formula is C13H18N2O2. The van der Waals surface area contributed by atoms with Crippen LogP contribution >= 0.6 is 0 Å². The number of para-hydroxylation sites is 1. The Morgan fingerprint density at radius 1 is 1.18 bits per heavy atom. The number of carbonyl (C=O) groups is 2. The number of hydrogen-bond acceptors (Lipinski definition) is 2. The number of rotatable bonds is 5. The topological polar surface area (TPSA) is 49.4 Å². The second kappa shape index (κ2) is 6.68. The predicted octanol–water partition coefficient (Wildman–Crippen LogP) is 1.57. The smallest absolute Gasteiger partial charge is 0.246 e. The highest BCUT2D eigenvalue weighted by Gasteiger charge is 2.13. The molecule has 0 unspecified atom stereocenters. The third-order valence-corrected chi connectivity index (χ3v) is 2.44. The Hall–Kier alpha value is -1.84. The first kappa shape index (κ1) is 13.2. The summed E-state index contributed by atoms with van der Waals surface area (Å²) in [7, 11) is 0. The summed E-state index contributed by atoms with van der Waals surface area (Å²) in [5.41, 5.74) is 0.853. The fourth-order valence-electron chi connectivity index (χ4n) is 1.51. The first-order chi connectivity index (χ1) is 8.19. The van der Waals surface area contributed by atoms with Crippen molar-refractivity contribution < 1.29 is 9.59 Å². The van der Waals surface area contributed by atoms with Crippen molar-refractivity contribution in [1.29, 1.82) is 0 Å². The number of benzene rings is 1. The molecule has 0 aromatic heterocycles. The zero-order valence-corrected chi connectivity index (χ0v) is 10.3. The maximum absolute atomic E-state index is 11.9. The summed E-state index contributed by atoms with van der Waals surface area (Å²) in [6.07, 6.45) is 0.394. The Morgan fingerprint density at radius 3 is 2.35 bits per heavy atom. The van der Waals surface area contributed by atoms with Gasteiger partial charge in [-0.1, -0.05) is 25.1 Å². The highest BCUT2D eigenvalue weighted by Crippen LogP contribution is 2.12. The van der Waals surface area contributed by atoms with Crippen molar-refractivity contribution in [3.63, 3.8) is 0 Å². The molecule has 0 aliphatic carbocycles. The van der Waals surface area contributed by atoms with Crippen LogP contribution in [0.4, 0.5) is 5.69 Å². The van der Waals surface area contributed by atoms with E-state index in [1.165, 1.54) is 0 Å². The number of anilines is 1. The monoisotopic (exact) mass is 234 g/mol. The van der Waals surface area contributed by atoms with E-state index in [9.17, 15) is 9.59 Å². The van der Waals surface area contributed by atoms with Gasteiger partial charge in [0.15, 0.2) is 0 Å². The second-order valence-corrected chi connectivity index (χ2v) is 3.60. The Labute approximate surface area is 102 Å². The fraction of sp³-hybridized carbons (Fsp3) is 0.385. The molecule has 0 aliphatic rings. The van der Waals surface area contributed by atoms with E-state index in [0.29, 0.717) is 13.0 Å². The van der Waals surface area contributed by atoms with E-state index in [0.717, 1.165) is 5.69 Å². The molecule has 0 bridgehead atoms. The molecule has 0 atom stereocenters. The van der Waals surface area contributed by atoms with Crippen molar-refractivity contribution >= 4 is 17.5 Å². The normalized spacial score (nSPS) is 9.76. The number of carbonyl (C=O) groups excluding carboxylic acids is 2. The van der Waals surface area contributed by atoms with Crippen LogP contribution in [0.3, 0.4) is 0 Å². The molecule has 1 rings (SSSR count). The first-order valence-corrected chi connectivity index (χ1v) is 5.81. The van der Waals surface area contributed by atoms with E-state index in [-0.39, 0.29) is 18.4 Å². The third kappa shape index (κ3) is 3.90. The minimum absolute atomic E-state index is 0.0510. The van der Waals surface area contributed by atoms with Crippen LogP contribution in [0.15, 0.2) is 30.3 Å². The van der Waals surface area contributed by atoms with Crippen LogP contribution in [-0.2, 0) is 9.59 Å². The van der Waals surface area contributed by atoms with E-state index >= 15 is 0 Å². The minimum Gasteiger partial charge on any atom is -0.347 e. The molecule has 17 heavy (non-hydrogen) atoms. The van der Waals surface area contributed by atoms with Gasteiger partial charge < -0.3 is 10.2 Å². The lowest BCUT2D eigenvalue weighted by molar-refractivity contribution is -0.124. The van der Waals surface area contributed by atoms with E-state index in [1.54, 1.807) is 11.8 Å². The number of nitrogens with zero attached hydrogens (tertiary/aromatic N) is 1.